The van der Waals surface area contributed by atoms with E-state index in [1.807, 2.05) is 36.4 Å². The van der Waals surface area contributed by atoms with Crippen LogP contribution in [0.4, 0.5) is 0 Å². The molecule has 1 fully saturated rings. The van der Waals surface area contributed by atoms with E-state index in [2.05, 4.69) is 24.3 Å². The van der Waals surface area contributed by atoms with Crippen molar-refractivity contribution in [2.24, 2.45) is 0 Å². The molecule has 1 saturated heterocycles. The maximum Gasteiger partial charge on any atom is 0.157 e. The van der Waals surface area contributed by atoms with E-state index >= 15 is 0 Å². The van der Waals surface area contributed by atoms with Crippen LogP contribution in [0, 0.1) is 0 Å². The van der Waals surface area contributed by atoms with Crippen LogP contribution in [0.3, 0.4) is 0 Å². The molecule has 2 aromatic carbocycles. The first-order chi connectivity index (χ1) is 19.9. The third kappa shape index (κ3) is 22.7. The van der Waals surface area contributed by atoms with Crippen molar-refractivity contribution in [1.82, 2.24) is 0 Å². The fourth-order valence-corrected chi connectivity index (χ4v) is 4.05. The van der Waals surface area contributed by atoms with E-state index in [0.717, 1.165) is 84.4 Å². The number of hydrogen-bond donors (Lipinski definition) is 1. The second-order valence-corrected chi connectivity index (χ2v) is 9.81. The van der Waals surface area contributed by atoms with E-state index in [4.69, 9.17) is 33.5 Å². The number of aliphatic hydroxyl groups excluding tert-OH is 1. The first-order valence-corrected chi connectivity index (χ1v) is 15.1. The number of rotatable bonds is 22. The molecule has 0 aromatic heterocycles. The van der Waals surface area contributed by atoms with Gasteiger partial charge in [-0.15, -0.1) is 12.4 Å². The summed E-state index contributed by atoms with van der Waals surface area (Å²) in [6.45, 7) is 7.23. The highest BCUT2D eigenvalue weighted by Crippen LogP contribution is 2.13. The first kappa shape index (κ1) is 37.5. The summed E-state index contributed by atoms with van der Waals surface area (Å²) in [5, 5.41) is 8.50. The van der Waals surface area contributed by atoms with Crippen LogP contribution in [0.1, 0.15) is 68.9 Å². The molecule has 8 heteroatoms. The van der Waals surface area contributed by atoms with Crippen LogP contribution in [0.25, 0.3) is 0 Å². The molecule has 1 unspecified atom stereocenters. The Kier molecular flexibility index (Phi) is 26.1. The van der Waals surface area contributed by atoms with Crippen molar-refractivity contribution in [2.75, 3.05) is 59.5 Å². The lowest BCUT2D eigenvalue weighted by atomic mass is 10.2. The van der Waals surface area contributed by atoms with Crippen LogP contribution in [-0.4, -0.2) is 70.9 Å². The molecule has 0 amide bonds. The molecule has 0 spiro atoms. The van der Waals surface area contributed by atoms with Crippen molar-refractivity contribution in [2.45, 2.75) is 77.3 Å². The van der Waals surface area contributed by atoms with E-state index in [1.165, 1.54) is 17.5 Å². The van der Waals surface area contributed by atoms with E-state index in [9.17, 15) is 0 Å². The van der Waals surface area contributed by atoms with Gasteiger partial charge in [-0.1, -0.05) is 60.7 Å². The van der Waals surface area contributed by atoms with E-state index < -0.39 is 0 Å². The maximum absolute atomic E-state index is 8.50. The van der Waals surface area contributed by atoms with Gasteiger partial charge in [0.25, 0.3) is 0 Å². The molecule has 1 atom stereocenters. The molecule has 1 aliphatic rings. The summed E-state index contributed by atoms with van der Waals surface area (Å²) in [5.74, 6) is 0. The maximum atomic E-state index is 8.50. The van der Waals surface area contributed by atoms with Crippen LogP contribution < -0.4 is 0 Å². The standard InChI is InChI=1S/C19H30O4.C14H22O3.ClH/c1-3-9-18(10-4-1)17-21-13-7-2-6-12-20-15-16-23-19-11-5-8-14-22-19;15-9-12-16-10-5-2-6-11-17-13-14-7-3-1-4-8-14;/h1,3-4,9-10,19H,2,5-8,11-17H2;1,3-4,7-8,15H,2,5-6,9-13H2;1H. The van der Waals surface area contributed by atoms with Gasteiger partial charge >= 0.3 is 0 Å². The Bertz CT molecular complexity index is 776. The van der Waals surface area contributed by atoms with Gasteiger partial charge in [0.05, 0.1) is 39.6 Å². The van der Waals surface area contributed by atoms with Crippen molar-refractivity contribution < 1.29 is 33.5 Å². The lowest BCUT2D eigenvalue weighted by Gasteiger charge is -2.22. The normalized spacial score (nSPS) is 14.6. The highest BCUT2D eigenvalue weighted by Gasteiger charge is 2.13. The van der Waals surface area contributed by atoms with Gasteiger partial charge in [-0.2, -0.15) is 0 Å². The van der Waals surface area contributed by atoms with Gasteiger partial charge in [0, 0.05) is 33.0 Å². The van der Waals surface area contributed by atoms with Crippen molar-refractivity contribution in [3.63, 3.8) is 0 Å². The Morgan fingerprint density at radius 3 is 1.59 bits per heavy atom. The van der Waals surface area contributed by atoms with Gasteiger partial charge in [0.15, 0.2) is 6.29 Å². The second kappa shape index (κ2) is 28.6. The van der Waals surface area contributed by atoms with Gasteiger partial charge in [0.2, 0.25) is 0 Å². The molecule has 1 N–H and O–H groups in total. The molecule has 41 heavy (non-hydrogen) atoms. The molecule has 0 saturated carbocycles. The predicted octanol–water partition coefficient (Wildman–Crippen LogP) is 6.74. The average Bonchev–Trinajstić information content (AvgIpc) is 3.01. The van der Waals surface area contributed by atoms with Gasteiger partial charge in [-0.25, -0.2) is 0 Å². The smallest absolute Gasteiger partial charge is 0.157 e. The van der Waals surface area contributed by atoms with Crippen LogP contribution in [0.5, 0.6) is 0 Å². The summed E-state index contributed by atoms with van der Waals surface area (Å²) in [5.41, 5.74) is 2.46. The molecular weight excluding hydrogens is 544 g/mol. The Labute approximate surface area is 254 Å². The SMILES string of the molecule is Cl.OCCOCCCCCOCc1ccccc1.c1ccc(COCCCCCOCCOC2CCCCO2)cc1. The molecule has 0 radical (unpaired) electrons. The Morgan fingerprint density at radius 1 is 0.585 bits per heavy atom. The number of unbranched alkanes of at least 4 members (excludes halogenated alkanes) is 4. The van der Waals surface area contributed by atoms with Crippen molar-refractivity contribution in [3.8, 4) is 0 Å². The highest BCUT2D eigenvalue weighted by molar-refractivity contribution is 5.85. The predicted molar refractivity (Wildman–Crippen MR) is 165 cm³/mol. The molecule has 0 bridgehead atoms. The quantitative estimate of drug-likeness (QED) is 0.151. The van der Waals surface area contributed by atoms with E-state index in [-0.39, 0.29) is 25.3 Å². The Morgan fingerprint density at radius 2 is 1.10 bits per heavy atom. The Balaban J connectivity index is 0.000000419. The van der Waals surface area contributed by atoms with E-state index in [1.54, 1.807) is 0 Å². The number of benzene rings is 2. The summed E-state index contributed by atoms with van der Waals surface area (Å²) in [6, 6.07) is 20.5. The van der Waals surface area contributed by atoms with Crippen LogP contribution in [-0.2, 0) is 41.6 Å². The number of ether oxygens (including phenoxy) is 6. The summed E-state index contributed by atoms with van der Waals surface area (Å²) in [4.78, 5) is 0. The second-order valence-electron chi connectivity index (χ2n) is 9.81. The average molecular weight is 597 g/mol. The van der Waals surface area contributed by atoms with Crippen LogP contribution in [0.2, 0.25) is 0 Å². The number of halogens is 1. The lowest BCUT2D eigenvalue weighted by Crippen LogP contribution is -2.24. The molecule has 2 aromatic rings. The summed E-state index contributed by atoms with van der Waals surface area (Å²) < 4.78 is 33.1. The van der Waals surface area contributed by atoms with Gasteiger partial charge in [-0.05, 0) is 68.9 Å². The van der Waals surface area contributed by atoms with E-state index in [0.29, 0.717) is 33.0 Å². The van der Waals surface area contributed by atoms with Gasteiger partial charge in [0.1, 0.15) is 0 Å². The number of aliphatic hydroxyl groups is 1. The topological polar surface area (TPSA) is 75.6 Å². The fourth-order valence-electron chi connectivity index (χ4n) is 4.05. The zero-order chi connectivity index (χ0) is 28.2. The molecule has 7 nitrogen and oxygen atoms in total. The summed E-state index contributed by atoms with van der Waals surface area (Å²) >= 11 is 0. The minimum absolute atomic E-state index is 0. The van der Waals surface area contributed by atoms with Gasteiger partial charge < -0.3 is 33.5 Å². The third-order valence-corrected chi connectivity index (χ3v) is 6.28. The van der Waals surface area contributed by atoms with Crippen LogP contribution >= 0.6 is 12.4 Å². The summed E-state index contributed by atoms with van der Waals surface area (Å²) in [6.07, 6.45) is 9.89. The monoisotopic (exact) mass is 596 g/mol. The summed E-state index contributed by atoms with van der Waals surface area (Å²) in [7, 11) is 0. The largest absolute Gasteiger partial charge is 0.394 e. The zero-order valence-electron chi connectivity index (χ0n) is 24.8. The fraction of sp³-hybridized carbons (Fsp3) is 0.636. The first-order valence-electron chi connectivity index (χ1n) is 15.1. The molecule has 3 rings (SSSR count). The van der Waals surface area contributed by atoms with Crippen molar-refractivity contribution in [1.29, 1.82) is 0 Å². The molecule has 0 aliphatic carbocycles. The third-order valence-electron chi connectivity index (χ3n) is 6.28. The van der Waals surface area contributed by atoms with Gasteiger partial charge in [-0.3, -0.25) is 0 Å². The minimum atomic E-state index is -0.00545. The molecular formula is C33H53ClO7. The van der Waals surface area contributed by atoms with Crippen LogP contribution in [0.15, 0.2) is 60.7 Å². The minimum Gasteiger partial charge on any atom is -0.394 e. The van der Waals surface area contributed by atoms with Crippen molar-refractivity contribution >= 4 is 12.4 Å². The molecule has 234 valence electrons. The molecule has 1 aliphatic heterocycles. The molecule has 1 heterocycles. The van der Waals surface area contributed by atoms with Crippen molar-refractivity contribution in [3.05, 3.63) is 71.8 Å². The zero-order valence-corrected chi connectivity index (χ0v) is 25.6. The Hall–Kier alpha value is -1.55. The lowest BCUT2D eigenvalue weighted by molar-refractivity contribution is -0.169. The highest BCUT2D eigenvalue weighted by atomic mass is 35.5. The number of hydrogen-bond acceptors (Lipinski definition) is 7.